The van der Waals surface area contributed by atoms with Crippen molar-refractivity contribution in [2.24, 2.45) is 0 Å². The van der Waals surface area contributed by atoms with Gasteiger partial charge < -0.3 is 29.5 Å². The van der Waals surface area contributed by atoms with Crippen LogP contribution in [0.2, 0.25) is 0 Å². The van der Waals surface area contributed by atoms with Gasteiger partial charge in [0.2, 0.25) is 11.8 Å². The fourth-order valence-corrected chi connectivity index (χ4v) is 5.13. The van der Waals surface area contributed by atoms with Gasteiger partial charge in [0.15, 0.2) is 11.5 Å². The van der Waals surface area contributed by atoms with Gasteiger partial charge in [-0.05, 0) is 47.9 Å². The monoisotopic (exact) mass is 540 g/mol. The van der Waals surface area contributed by atoms with Crippen LogP contribution in [0.5, 0.6) is 5.88 Å². The molecule has 6 rings (SSSR count). The summed E-state index contributed by atoms with van der Waals surface area (Å²) in [7, 11) is 1.63. The second kappa shape index (κ2) is 11.0. The van der Waals surface area contributed by atoms with Gasteiger partial charge in [-0.15, -0.1) is 0 Å². The highest BCUT2D eigenvalue weighted by Crippen LogP contribution is 2.37. The van der Waals surface area contributed by atoms with Crippen LogP contribution in [0.1, 0.15) is 48.0 Å². The number of nitrogens with one attached hydrogen (secondary N) is 3. The minimum absolute atomic E-state index is 0.00987. The van der Waals surface area contributed by atoms with Gasteiger partial charge in [-0.2, -0.15) is 9.97 Å². The average Bonchev–Trinajstić information content (AvgIpc) is 3.56. The summed E-state index contributed by atoms with van der Waals surface area (Å²) in [5, 5.41) is 6.88. The lowest BCUT2D eigenvalue weighted by Gasteiger charge is -2.23. The zero-order chi connectivity index (χ0) is 27.6. The summed E-state index contributed by atoms with van der Waals surface area (Å²) in [5.74, 6) is 1.42. The highest BCUT2D eigenvalue weighted by atomic mass is 16.5. The van der Waals surface area contributed by atoms with Crippen molar-refractivity contribution >= 4 is 39.7 Å². The van der Waals surface area contributed by atoms with Gasteiger partial charge >= 0.3 is 0 Å². The largest absolute Gasteiger partial charge is 0.474 e. The molecule has 1 fully saturated rings. The summed E-state index contributed by atoms with van der Waals surface area (Å²) >= 11 is 0. The number of fused-ring (bicyclic) bond motifs is 2. The molecule has 0 radical (unpaired) electrons. The maximum atomic E-state index is 12.2. The summed E-state index contributed by atoms with van der Waals surface area (Å²) in [6.07, 6.45) is 5.23. The number of amides is 1. The first-order valence-corrected chi connectivity index (χ1v) is 13.7. The van der Waals surface area contributed by atoms with Crippen molar-refractivity contribution in [1.29, 1.82) is 0 Å². The second-order valence-electron chi connectivity index (χ2n) is 9.95. The number of H-pyrrole nitrogens is 1. The smallest absolute Gasteiger partial charge is 0.251 e. The summed E-state index contributed by atoms with van der Waals surface area (Å²) in [5.41, 5.74) is 6.54. The van der Waals surface area contributed by atoms with Crippen LogP contribution in [-0.4, -0.2) is 52.2 Å². The molecule has 40 heavy (non-hydrogen) atoms. The molecular weight excluding hydrogens is 508 g/mol. The lowest BCUT2D eigenvalue weighted by Crippen LogP contribution is -2.26. The van der Waals surface area contributed by atoms with Crippen molar-refractivity contribution < 1.29 is 18.7 Å². The fraction of sp³-hybridized carbons (Fsp3) is 0.333. The molecule has 0 spiro atoms. The highest BCUT2D eigenvalue weighted by molar-refractivity contribution is 5.99. The third kappa shape index (κ3) is 5.10. The molecule has 2 aromatic carbocycles. The third-order valence-electron chi connectivity index (χ3n) is 7.11. The molecule has 0 saturated carbocycles. The van der Waals surface area contributed by atoms with Crippen molar-refractivity contribution in [2.45, 2.75) is 45.6 Å². The number of ether oxygens (including phenoxy) is 2. The Morgan fingerprint density at radius 1 is 1.12 bits per heavy atom. The van der Waals surface area contributed by atoms with E-state index in [0.717, 1.165) is 64.5 Å². The van der Waals surface area contributed by atoms with Crippen molar-refractivity contribution in [2.75, 3.05) is 25.6 Å². The quantitative estimate of drug-likeness (QED) is 0.229. The molecule has 1 aliphatic rings. The Kier molecular flexibility index (Phi) is 7.08. The molecule has 1 amide bonds. The standard InChI is InChI=1S/C30H32N6O4/c1-4-5-19-14-20(28(37)31-3)7-8-23(19)34-30-35-27-26(29(36-30)40-21-10-12-38-13-11-21)22(16-32-27)18-6-9-24-25(15-18)39-17(2)33-24/h6-9,14-16,21H,4-5,10-13H2,1-3H3,(H,31,37)(H2,32,34,35,36). The van der Waals surface area contributed by atoms with E-state index in [-0.39, 0.29) is 12.0 Å². The van der Waals surface area contributed by atoms with E-state index in [4.69, 9.17) is 23.9 Å². The number of carbonyl (C=O) groups excluding carboxylic acids is 1. The van der Waals surface area contributed by atoms with Gasteiger partial charge in [0.25, 0.3) is 5.91 Å². The second-order valence-corrected chi connectivity index (χ2v) is 9.95. The van der Waals surface area contributed by atoms with Crippen LogP contribution < -0.4 is 15.4 Å². The first-order valence-electron chi connectivity index (χ1n) is 13.7. The SMILES string of the molecule is CCCc1cc(C(=O)NC)ccc1Nc1nc(OC2CCOCC2)c2c(-c3ccc4nc(C)oc4c3)c[nH]c2n1. The number of hydrogen-bond donors (Lipinski definition) is 3. The minimum Gasteiger partial charge on any atom is -0.474 e. The Morgan fingerprint density at radius 3 is 2.77 bits per heavy atom. The fourth-order valence-electron chi connectivity index (χ4n) is 5.13. The van der Waals surface area contributed by atoms with E-state index < -0.39 is 0 Å². The van der Waals surface area contributed by atoms with E-state index in [1.807, 2.05) is 43.5 Å². The van der Waals surface area contributed by atoms with E-state index >= 15 is 0 Å². The Balaban J connectivity index is 1.42. The van der Waals surface area contributed by atoms with Gasteiger partial charge in [0.1, 0.15) is 17.3 Å². The molecule has 0 bridgehead atoms. The molecule has 0 aliphatic carbocycles. The van der Waals surface area contributed by atoms with Crippen LogP contribution in [0, 0.1) is 6.92 Å². The first-order chi connectivity index (χ1) is 19.5. The predicted molar refractivity (Wildman–Crippen MR) is 153 cm³/mol. The number of nitrogens with zero attached hydrogens (tertiary/aromatic N) is 3. The van der Waals surface area contributed by atoms with Crippen molar-refractivity contribution in [3.05, 3.63) is 59.6 Å². The molecule has 4 heterocycles. The number of aromatic amines is 1. The average molecular weight is 541 g/mol. The van der Waals surface area contributed by atoms with Gasteiger partial charge in [-0.1, -0.05) is 19.4 Å². The molecule has 5 aromatic rings. The Morgan fingerprint density at radius 2 is 1.98 bits per heavy atom. The molecule has 10 heteroatoms. The maximum Gasteiger partial charge on any atom is 0.251 e. The molecule has 0 unspecified atom stereocenters. The van der Waals surface area contributed by atoms with E-state index in [1.54, 1.807) is 13.1 Å². The molecular formula is C30H32N6O4. The number of oxazole rings is 1. The maximum absolute atomic E-state index is 12.2. The van der Waals surface area contributed by atoms with E-state index in [9.17, 15) is 4.79 Å². The zero-order valence-corrected chi connectivity index (χ0v) is 22.8. The Bertz CT molecular complexity index is 1680. The van der Waals surface area contributed by atoms with Crippen LogP contribution in [0.4, 0.5) is 11.6 Å². The normalized spacial score (nSPS) is 14.1. The summed E-state index contributed by atoms with van der Waals surface area (Å²) in [6.45, 7) is 5.26. The third-order valence-corrected chi connectivity index (χ3v) is 7.11. The number of anilines is 2. The van der Waals surface area contributed by atoms with Gasteiger partial charge in [0, 0.05) is 49.8 Å². The Labute approximate surface area is 231 Å². The molecule has 10 nitrogen and oxygen atoms in total. The van der Waals surface area contributed by atoms with Crippen LogP contribution in [-0.2, 0) is 11.2 Å². The topological polar surface area (TPSA) is 127 Å². The van der Waals surface area contributed by atoms with Crippen LogP contribution in [0.3, 0.4) is 0 Å². The summed E-state index contributed by atoms with van der Waals surface area (Å²) < 4.78 is 17.8. The summed E-state index contributed by atoms with van der Waals surface area (Å²) in [4.78, 5) is 29.6. The number of benzene rings is 2. The lowest BCUT2D eigenvalue weighted by molar-refractivity contribution is 0.0244. The summed E-state index contributed by atoms with van der Waals surface area (Å²) in [6, 6.07) is 11.6. The van der Waals surface area contributed by atoms with Crippen molar-refractivity contribution in [1.82, 2.24) is 25.3 Å². The van der Waals surface area contributed by atoms with Crippen LogP contribution in [0.15, 0.2) is 47.0 Å². The number of hydrogen-bond acceptors (Lipinski definition) is 8. The van der Waals surface area contributed by atoms with Crippen molar-refractivity contribution in [3.63, 3.8) is 0 Å². The number of rotatable bonds is 8. The van der Waals surface area contributed by atoms with Gasteiger partial charge in [-0.3, -0.25) is 4.79 Å². The van der Waals surface area contributed by atoms with Crippen LogP contribution >= 0.6 is 0 Å². The van der Waals surface area contributed by atoms with E-state index in [0.29, 0.717) is 42.1 Å². The highest BCUT2D eigenvalue weighted by Gasteiger charge is 2.22. The van der Waals surface area contributed by atoms with Gasteiger partial charge in [-0.25, -0.2) is 4.98 Å². The molecule has 3 N–H and O–H groups in total. The minimum atomic E-state index is -0.119. The number of aryl methyl sites for hydroxylation is 2. The Hall–Kier alpha value is -4.44. The zero-order valence-electron chi connectivity index (χ0n) is 22.8. The number of aromatic nitrogens is 4. The first kappa shape index (κ1) is 25.8. The van der Waals surface area contributed by atoms with E-state index in [1.165, 1.54) is 0 Å². The van der Waals surface area contributed by atoms with E-state index in [2.05, 4.69) is 27.5 Å². The van der Waals surface area contributed by atoms with Gasteiger partial charge in [0.05, 0.1) is 18.6 Å². The van der Waals surface area contributed by atoms with Crippen molar-refractivity contribution in [3.8, 4) is 17.0 Å². The molecule has 0 atom stereocenters. The number of carbonyl (C=O) groups is 1. The predicted octanol–water partition coefficient (Wildman–Crippen LogP) is 5.69. The van der Waals surface area contributed by atoms with Crippen LogP contribution in [0.25, 0.3) is 33.3 Å². The lowest BCUT2D eigenvalue weighted by atomic mass is 10.0. The molecule has 1 aliphatic heterocycles. The molecule has 206 valence electrons. The molecule has 3 aromatic heterocycles. The molecule has 1 saturated heterocycles.